The average molecular weight is 324 g/mol. The number of nitrogens with one attached hydrogen (secondary N) is 2. The van der Waals surface area contributed by atoms with Gasteiger partial charge in [0.1, 0.15) is 0 Å². The van der Waals surface area contributed by atoms with Crippen LogP contribution < -0.4 is 15.5 Å². The van der Waals surface area contributed by atoms with Gasteiger partial charge in [0.05, 0.1) is 24.8 Å². The Labute approximate surface area is 140 Å². The molecule has 1 amide bonds. The van der Waals surface area contributed by atoms with Crippen molar-refractivity contribution in [3.8, 4) is 0 Å². The molecule has 2 aliphatic heterocycles. The van der Waals surface area contributed by atoms with Gasteiger partial charge < -0.3 is 20.3 Å². The van der Waals surface area contributed by atoms with Gasteiger partial charge in [0, 0.05) is 31.5 Å². The highest BCUT2D eigenvalue weighted by molar-refractivity contribution is 6.00. The van der Waals surface area contributed by atoms with Crippen LogP contribution in [0.1, 0.15) is 11.5 Å². The molecular weight excluding hydrogens is 304 g/mol. The Morgan fingerprint density at radius 3 is 2.92 bits per heavy atom. The van der Waals surface area contributed by atoms with Crippen molar-refractivity contribution in [3.05, 3.63) is 48.2 Å². The molecule has 4 rings (SSSR count). The molecule has 1 saturated heterocycles. The van der Waals surface area contributed by atoms with Crippen molar-refractivity contribution >= 4 is 23.1 Å². The number of pyridine rings is 1. The average Bonchev–Trinajstić information content (AvgIpc) is 3.07. The van der Waals surface area contributed by atoms with Gasteiger partial charge in [-0.1, -0.05) is 18.2 Å². The number of carbonyl (C=O) groups is 1. The standard InChI is InChI=1S/C18H20N4O2/c23-18(14-12-20-15-5-2-1-4-13(14)15)21-16-6-3-7-19-17(16)22-8-10-24-11-9-22/h1-7,14,20H,8-12H2,(H,21,23). The van der Waals surface area contributed by atoms with E-state index in [4.69, 9.17) is 4.74 Å². The minimum atomic E-state index is -0.182. The van der Waals surface area contributed by atoms with Gasteiger partial charge in [-0.25, -0.2) is 4.98 Å². The Morgan fingerprint density at radius 2 is 2.04 bits per heavy atom. The second kappa shape index (κ2) is 6.49. The van der Waals surface area contributed by atoms with Crippen molar-refractivity contribution in [1.29, 1.82) is 0 Å². The van der Waals surface area contributed by atoms with Crippen molar-refractivity contribution in [2.24, 2.45) is 0 Å². The molecule has 1 atom stereocenters. The molecule has 3 heterocycles. The molecule has 24 heavy (non-hydrogen) atoms. The molecule has 0 spiro atoms. The molecule has 2 aliphatic rings. The lowest BCUT2D eigenvalue weighted by Gasteiger charge is -2.29. The summed E-state index contributed by atoms with van der Waals surface area (Å²) in [5.74, 6) is 0.627. The number of hydrogen-bond donors (Lipinski definition) is 2. The first kappa shape index (κ1) is 15.0. The van der Waals surface area contributed by atoms with Crippen LogP contribution in [0.15, 0.2) is 42.6 Å². The largest absolute Gasteiger partial charge is 0.384 e. The number of amides is 1. The number of carbonyl (C=O) groups excluding carboxylic acids is 1. The molecule has 2 aromatic rings. The first-order chi connectivity index (χ1) is 11.8. The van der Waals surface area contributed by atoms with Gasteiger partial charge >= 0.3 is 0 Å². The number of rotatable bonds is 3. The fourth-order valence-corrected chi connectivity index (χ4v) is 3.26. The number of hydrogen-bond acceptors (Lipinski definition) is 5. The molecule has 0 aliphatic carbocycles. The van der Waals surface area contributed by atoms with Gasteiger partial charge in [-0.05, 0) is 23.8 Å². The molecular formula is C18H20N4O2. The van der Waals surface area contributed by atoms with Gasteiger partial charge in [-0.3, -0.25) is 4.79 Å². The number of aromatic nitrogens is 1. The lowest BCUT2D eigenvalue weighted by molar-refractivity contribution is -0.117. The lowest BCUT2D eigenvalue weighted by Crippen LogP contribution is -2.37. The third kappa shape index (κ3) is 2.80. The fourth-order valence-electron chi connectivity index (χ4n) is 3.26. The summed E-state index contributed by atoms with van der Waals surface area (Å²) >= 11 is 0. The monoisotopic (exact) mass is 324 g/mol. The summed E-state index contributed by atoms with van der Waals surface area (Å²) < 4.78 is 5.40. The Hall–Kier alpha value is -2.60. The maximum absolute atomic E-state index is 12.8. The van der Waals surface area contributed by atoms with E-state index in [2.05, 4.69) is 20.5 Å². The van der Waals surface area contributed by atoms with E-state index in [1.807, 2.05) is 36.4 Å². The molecule has 0 bridgehead atoms. The van der Waals surface area contributed by atoms with E-state index < -0.39 is 0 Å². The van der Waals surface area contributed by atoms with Crippen LogP contribution in [0.4, 0.5) is 17.2 Å². The smallest absolute Gasteiger partial charge is 0.233 e. The van der Waals surface area contributed by atoms with Gasteiger partial charge in [0.25, 0.3) is 0 Å². The zero-order valence-corrected chi connectivity index (χ0v) is 13.4. The molecule has 1 aromatic heterocycles. The quantitative estimate of drug-likeness (QED) is 0.905. The number of benzene rings is 1. The highest BCUT2D eigenvalue weighted by Crippen LogP contribution is 2.33. The van der Waals surface area contributed by atoms with Crippen LogP contribution in [0.25, 0.3) is 0 Å². The van der Waals surface area contributed by atoms with E-state index in [0.717, 1.165) is 35.8 Å². The molecule has 2 N–H and O–H groups in total. The first-order valence-corrected chi connectivity index (χ1v) is 8.24. The second-order valence-corrected chi connectivity index (χ2v) is 5.98. The first-order valence-electron chi connectivity index (χ1n) is 8.24. The summed E-state index contributed by atoms with van der Waals surface area (Å²) in [6, 6.07) is 11.7. The molecule has 0 radical (unpaired) electrons. The summed E-state index contributed by atoms with van der Waals surface area (Å²) in [5, 5.41) is 6.36. The molecule has 6 heteroatoms. The normalized spacial score (nSPS) is 19.5. The SMILES string of the molecule is O=C(Nc1cccnc1N1CCOCC1)C1CNc2ccccc21. The summed E-state index contributed by atoms with van der Waals surface area (Å²) in [5.41, 5.74) is 2.85. The van der Waals surface area contributed by atoms with Crippen molar-refractivity contribution in [3.63, 3.8) is 0 Å². The minimum Gasteiger partial charge on any atom is -0.384 e. The van der Waals surface area contributed by atoms with E-state index in [1.165, 1.54) is 0 Å². The molecule has 1 aromatic carbocycles. The molecule has 1 fully saturated rings. The molecule has 124 valence electrons. The Balaban J connectivity index is 1.54. The van der Waals surface area contributed by atoms with E-state index in [-0.39, 0.29) is 11.8 Å². The number of para-hydroxylation sites is 1. The number of anilines is 3. The maximum Gasteiger partial charge on any atom is 0.233 e. The van der Waals surface area contributed by atoms with Gasteiger partial charge in [0.15, 0.2) is 5.82 Å². The topological polar surface area (TPSA) is 66.5 Å². The van der Waals surface area contributed by atoms with E-state index in [9.17, 15) is 4.79 Å². The molecule has 6 nitrogen and oxygen atoms in total. The number of fused-ring (bicyclic) bond motifs is 1. The third-order valence-corrected chi connectivity index (χ3v) is 4.50. The molecule has 1 unspecified atom stereocenters. The Bertz CT molecular complexity index is 743. The van der Waals surface area contributed by atoms with Crippen LogP contribution in [-0.2, 0) is 9.53 Å². The van der Waals surface area contributed by atoms with Crippen LogP contribution in [-0.4, -0.2) is 43.7 Å². The fraction of sp³-hybridized carbons (Fsp3) is 0.333. The summed E-state index contributed by atoms with van der Waals surface area (Å²) in [6.07, 6.45) is 1.76. The highest BCUT2D eigenvalue weighted by Gasteiger charge is 2.29. The summed E-state index contributed by atoms with van der Waals surface area (Å²) in [4.78, 5) is 19.4. The van der Waals surface area contributed by atoms with Crippen molar-refractivity contribution in [1.82, 2.24) is 4.98 Å². The van der Waals surface area contributed by atoms with E-state index >= 15 is 0 Å². The lowest BCUT2D eigenvalue weighted by atomic mass is 10.0. The predicted molar refractivity (Wildman–Crippen MR) is 93.6 cm³/mol. The number of morpholine rings is 1. The van der Waals surface area contributed by atoms with E-state index in [1.54, 1.807) is 6.20 Å². The van der Waals surface area contributed by atoms with Gasteiger partial charge in [-0.2, -0.15) is 0 Å². The number of nitrogens with zero attached hydrogens (tertiary/aromatic N) is 2. The minimum absolute atomic E-state index is 0.00467. The zero-order chi connectivity index (χ0) is 16.4. The van der Waals surface area contributed by atoms with Crippen LogP contribution in [0.5, 0.6) is 0 Å². The van der Waals surface area contributed by atoms with Crippen molar-refractivity contribution < 1.29 is 9.53 Å². The maximum atomic E-state index is 12.8. The highest BCUT2D eigenvalue weighted by atomic mass is 16.5. The van der Waals surface area contributed by atoms with Crippen LogP contribution >= 0.6 is 0 Å². The van der Waals surface area contributed by atoms with Gasteiger partial charge in [0.2, 0.25) is 5.91 Å². The third-order valence-electron chi connectivity index (χ3n) is 4.50. The molecule has 0 saturated carbocycles. The van der Waals surface area contributed by atoms with Crippen LogP contribution in [0, 0.1) is 0 Å². The van der Waals surface area contributed by atoms with Gasteiger partial charge in [-0.15, -0.1) is 0 Å². The summed E-state index contributed by atoms with van der Waals surface area (Å²) in [7, 11) is 0. The van der Waals surface area contributed by atoms with E-state index in [0.29, 0.717) is 19.8 Å². The summed E-state index contributed by atoms with van der Waals surface area (Å²) in [6.45, 7) is 3.56. The van der Waals surface area contributed by atoms with Crippen molar-refractivity contribution in [2.75, 3.05) is 48.4 Å². The van der Waals surface area contributed by atoms with Crippen LogP contribution in [0.2, 0.25) is 0 Å². The van der Waals surface area contributed by atoms with Crippen LogP contribution in [0.3, 0.4) is 0 Å². The Kier molecular flexibility index (Phi) is 4.04. The van der Waals surface area contributed by atoms with Crippen molar-refractivity contribution in [2.45, 2.75) is 5.92 Å². The Morgan fingerprint density at radius 1 is 1.21 bits per heavy atom. The zero-order valence-electron chi connectivity index (χ0n) is 13.4. The number of ether oxygens (including phenoxy) is 1. The predicted octanol–water partition coefficient (Wildman–Crippen LogP) is 2.07. The second-order valence-electron chi connectivity index (χ2n) is 5.98.